The van der Waals surface area contributed by atoms with E-state index in [4.69, 9.17) is 0 Å². The van der Waals surface area contributed by atoms with Crippen LogP contribution in [0.1, 0.15) is 23.2 Å². The second kappa shape index (κ2) is 4.83. The molecule has 2 N–H and O–H groups in total. The number of hydrogen-bond acceptors (Lipinski definition) is 3. The Hall–Kier alpha value is -2.44. The second-order valence-electron chi connectivity index (χ2n) is 5.29. The highest BCUT2D eigenvalue weighted by Crippen LogP contribution is 2.26. The number of urea groups is 1. The van der Waals surface area contributed by atoms with Crippen molar-refractivity contribution < 1.29 is 18.8 Å². The predicted octanol–water partition coefficient (Wildman–Crippen LogP) is 0.640. The zero-order valence-electron chi connectivity index (χ0n) is 11.2. The summed E-state index contributed by atoms with van der Waals surface area (Å²) >= 11 is 0. The van der Waals surface area contributed by atoms with Gasteiger partial charge in [-0.15, -0.1) is 0 Å². The molecular formula is C14H14FN3O3. The summed E-state index contributed by atoms with van der Waals surface area (Å²) < 4.78 is 13.2. The number of rotatable bonds is 1. The van der Waals surface area contributed by atoms with Gasteiger partial charge in [-0.1, -0.05) is 6.07 Å². The van der Waals surface area contributed by atoms with Crippen molar-refractivity contribution in [3.05, 3.63) is 35.6 Å². The Labute approximate surface area is 120 Å². The molecule has 0 aromatic heterocycles. The first-order valence-corrected chi connectivity index (χ1v) is 6.69. The lowest BCUT2D eigenvalue weighted by atomic mass is 9.87. The number of hydrogen-bond donors (Lipinski definition) is 2. The highest BCUT2D eigenvalue weighted by molar-refractivity contribution is 6.07. The Kier molecular flexibility index (Phi) is 3.12. The molecule has 110 valence electrons. The Morgan fingerprint density at radius 2 is 1.95 bits per heavy atom. The number of amides is 4. The molecule has 3 rings (SSSR count). The van der Waals surface area contributed by atoms with E-state index >= 15 is 0 Å². The molecule has 0 aliphatic carbocycles. The van der Waals surface area contributed by atoms with Gasteiger partial charge in [-0.05, 0) is 31.0 Å². The van der Waals surface area contributed by atoms with Gasteiger partial charge in [0.05, 0.1) is 0 Å². The quantitative estimate of drug-likeness (QED) is 0.745. The molecule has 0 unspecified atom stereocenters. The van der Waals surface area contributed by atoms with E-state index in [1.54, 1.807) is 11.0 Å². The average Bonchev–Trinajstić information content (AvgIpc) is 2.73. The van der Waals surface area contributed by atoms with E-state index in [-0.39, 0.29) is 17.4 Å². The van der Waals surface area contributed by atoms with Crippen LogP contribution in [0.5, 0.6) is 0 Å². The number of halogens is 1. The fourth-order valence-electron chi connectivity index (χ4n) is 2.78. The van der Waals surface area contributed by atoms with E-state index in [1.165, 1.54) is 18.2 Å². The highest BCUT2D eigenvalue weighted by atomic mass is 19.1. The normalized spacial score (nSPS) is 20.3. The average molecular weight is 291 g/mol. The molecule has 7 heteroatoms. The zero-order valence-corrected chi connectivity index (χ0v) is 11.2. The number of imide groups is 1. The first-order valence-electron chi connectivity index (χ1n) is 6.69. The zero-order chi connectivity index (χ0) is 15.0. The molecule has 1 aromatic carbocycles. The Morgan fingerprint density at radius 1 is 1.24 bits per heavy atom. The molecule has 1 aromatic rings. The van der Waals surface area contributed by atoms with E-state index in [1.807, 2.05) is 0 Å². The summed E-state index contributed by atoms with van der Waals surface area (Å²) in [4.78, 5) is 36.9. The van der Waals surface area contributed by atoms with Gasteiger partial charge in [0.2, 0.25) is 0 Å². The van der Waals surface area contributed by atoms with Crippen LogP contribution in [0.4, 0.5) is 9.18 Å². The lowest BCUT2D eigenvalue weighted by molar-refractivity contribution is -0.125. The predicted molar refractivity (Wildman–Crippen MR) is 70.9 cm³/mol. The van der Waals surface area contributed by atoms with Crippen LogP contribution in [0.3, 0.4) is 0 Å². The van der Waals surface area contributed by atoms with Gasteiger partial charge in [0, 0.05) is 18.7 Å². The maximum atomic E-state index is 13.2. The molecule has 0 bridgehead atoms. The molecule has 0 atom stereocenters. The summed E-state index contributed by atoms with van der Waals surface area (Å²) in [5, 5.41) is 4.85. The van der Waals surface area contributed by atoms with Gasteiger partial charge in [0.15, 0.2) is 0 Å². The van der Waals surface area contributed by atoms with E-state index in [9.17, 15) is 18.8 Å². The monoisotopic (exact) mass is 291 g/mol. The summed E-state index contributed by atoms with van der Waals surface area (Å²) in [6.45, 7) is 0.673. The first-order chi connectivity index (χ1) is 10.00. The maximum Gasteiger partial charge on any atom is 0.322 e. The van der Waals surface area contributed by atoms with Crippen molar-refractivity contribution >= 4 is 17.8 Å². The van der Waals surface area contributed by atoms with E-state index < -0.39 is 17.4 Å². The van der Waals surface area contributed by atoms with Gasteiger partial charge in [-0.25, -0.2) is 9.18 Å². The molecule has 6 nitrogen and oxygen atoms in total. The van der Waals surface area contributed by atoms with Crippen molar-refractivity contribution in [2.75, 3.05) is 13.1 Å². The minimum absolute atomic E-state index is 0.269. The third-order valence-electron chi connectivity index (χ3n) is 3.99. The third-order valence-corrected chi connectivity index (χ3v) is 3.99. The number of carbonyl (C=O) groups is 3. The van der Waals surface area contributed by atoms with E-state index in [2.05, 4.69) is 10.6 Å². The van der Waals surface area contributed by atoms with E-state index in [0.717, 1.165) is 0 Å². The van der Waals surface area contributed by atoms with Crippen LogP contribution in [-0.4, -0.2) is 41.4 Å². The number of carbonyl (C=O) groups excluding carboxylic acids is 3. The first kappa shape index (κ1) is 13.5. The molecule has 2 aliphatic heterocycles. The van der Waals surface area contributed by atoms with Crippen molar-refractivity contribution in [2.24, 2.45) is 0 Å². The topological polar surface area (TPSA) is 78.5 Å². The number of likely N-dealkylation sites (tertiary alicyclic amines) is 1. The van der Waals surface area contributed by atoms with Gasteiger partial charge in [-0.3, -0.25) is 14.9 Å². The molecule has 2 heterocycles. The molecule has 0 radical (unpaired) electrons. The highest BCUT2D eigenvalue weighted by Gasteiger charge is 2.48. The molecule has 21 heavy (non-hydrogen) atoms. The molecule has 2 fully saturated rings. The van der Waals surface area contributed by atoms with Gasteiger partial charge in [-0.2, -0.15) is 0 Å². The molecule has 4 amide bonds. The van der Waals surface area contributed by atoms with Crippen molar-refractivity contribution in [1.82, 2.24) is 15.5 Å². The summed E-state index contributed by atoms with van der Waals surface area (Å²) in [5.74, 6) is -1.07. The fourth-order valence-corrected chi connectivity index (χ4v) is 2.78. The third kappa shape index (κ3) is 2.35. The lowest BCUT2D eigenvalue weighted by Crippen LogP contribution is -2.55. The van der Waals surface area contributed by atoms with Crippen LogP contribution in [-0.2, 0) is 4.79 Å². The SMILES string of the molecule is O=C1NC(=O)C2(CCN(C(=O)c3cccc(F)c3)CC2)N1. The van der Waals surface area contributed by atoms with Crippen LogP contribution in [0.25, 0.3) is 0 Å². The van der Waals surface area contributed by atoms with Gasteiger partial charge >= 0.3 is 6.03 Å². The number of benzene rings is 1. The van der Waals surface area contributed by atoms with Crippen LogP contribution in [0.2, 0.25) is 0 Å². The van der Waals surface area contributed by atoms with E-state index in [0.29, 0.717) is 25.9 Å². The largest absolute Gasteiger partial charge is 0.338 e. The van der Waals surface area contributed by atoms with Gasteiger partial charge in [0.25, 0.3) is 11.8 Å². The summed E-state index contributed by atoms with van der Waals surface area (Å²) in [6.07, 6.45) is 0.706. The Morgan fingerprint density at radius 3 is 2.52 bits per heavy atom. The van der Waals surface area contributed by atoms with Crippen molar-refractivity contribution in [2.45, 2.75) is 18.4 Å². The number of nitrogens with one attached hydrogen (secondary N) is 2. The minimum Gasteiger partial charge on any atom is -0.338 e. The summed E-state index contributed by atoms with van der Waals surface area (Å²) in [6, 6.07) is 5.01. The minimum atomic E-state index is -0.907. The Bertz CT molecular complexity index is 624. The fraction of sp³-hybridized carbons (Fsp3) is 0.357. The van der Waals surface area contributed by atoms with Crippen LogP contribution >= 0.6 is 0 Å². The summed E-state index contributed by atoms with van der Waals surface area (Å²) in [7, 11) is 0. The molecule has 2 aliphatic rings. The standard InChI is InChI=1S/C14H14FN3O3/c15-10-3-1-2-9(8-10)11(19)18-6-4-14(5-7-18)12(20)16-13(21)17-14/h1-3,8H,4-7H2,(H2,16,17,20,21). The second-order valence-corrected chi connectivity index (χ2v) is 5.29. The van der Waals surface area contributed by atoms with Crippen molar-refractivity contribution in [3.63, 3.8) is 0 Å². The maximum absolute atomic E-state index is 13.2. The van der Waals surface area contributed by atoms with Gasteiger partial charge in [0.1, 0.15) is 11.4 Å². The lowest BCUT2D eigenvalue weighted by Gasteiger charge is -2.37. The molecule has 2 saturated heterocycles. The number of nitrogens with zero attached hydrogens (tertiary/aromatic N) is 1. The van der Waals surface area contributed by atoms with Crippen molar-refractivity contribution in [1.29, 1.82) is 0 Å². The van der Waals surface area contributed by atoms with Crippen LogP contribution in [0.15, 0.2) is 24.3 Å². The molecule has 0 saturated carbocycles. The Balaban J connectivity index is 1.70. The number of piperidine rings is 1. The molecular weight excluding hydrogens is 277 g/mol. The smallest absolute Gasteiger partial charge is 0.322 e. The van der Waals surface area contributed by atoms with Crippen LogP contribution in [0, 0.1) is 5.82 Å². The van der Waals surface area contributed by atoms with Crippen LogP contribution < -0.4 is 10.6 Å². The molecule has 1 spiro atoms. The van der Waals surface area contributed by atoms with Crippen molar-refractivity contribution in [3.8, 4) is 0 Å². The van der Waals surface area contributed by atoms with Gasteiger partial charge < -0.3 is 10.2 Å². The summed E-state index contributed by atoms with van der Waals surface area (Å²) in [5.41, 5.74) is -0.624.